The van der Waals surface area contributed by atoms with Gasteiger partial charge in [0.1, 0.15) is 5.82 Å². The van der Waals surface area contributed by atoms with Crippen molar-refractivity contribution in [1.82, 2.24) is 9.88 Å². The summed E-state index contributed by atoms with van der Waals surface area (Å²) >= 11 is 0. The molecule has 0 saturated carbocycles. The number of nitrogens with one attached hydrogen (secondary N) is 1. The van der Waals surface area contributed by atoms with Crippen molar-refractivity contribution in [3.63, 3.8) is 0 Å². The molecule has 1 aliphatic rings. The summed E-state index contributed by atoms with van der Waals surface area (Å²) < 4.78 is 0. The van der Waals surface area contributed by atoms with Gasteiger partial charge in [-0.2, -0.15) is 0 Å². The third kappa shape index (κ3) is 3.16. The first kappa shape index (κ1) is 17.6. The minimum absolute atomic E-state index is 0.196. The van der Waals surface area contributed by atoms with Crippen molar-refractivity contribution < 1.29 is 14.4 Å². The number of carbonyl (C=O) groups excluding carboxylic acids is 3. The molecule has 3 amide bonds. The molecule has 0 atom stereocenters. The van der Waals surface area contributed by atoms with Crippen molar-refractivity contribution in [3.05, 3.63) is 94.7 Å². The SMILES string of the molecule is Cc1cccnc1NC(=O)c1ccc2c(c1)C(=O)N(Cc1ccccc1)C2=O. The summed E-state index contributed by atoms with van der Waals surface area (Å²) in [5.41, 5.74) is 2.54. The van der Waals surface area contributed by atoms with Gasteiger partial charge in [-0.1, -0.05) is 36.4 Å². The minimum atomic E-state index is -0.396. The van der Waals surface area contributed by atoms with Crippen molar-refractivity contribution >= 4 is 23.5 Å². The van der Waals surface area contributed by atoms with E-state index >= 15 is 0 Å². The monoisotopic (exact) mass is 371 g/mol. The van der Waals surface area contributed by atoms with Crippen molar-refractivity contribution in [1.29, 1.82) is 0 Å². The van der Waals surface area contributed by atoms with Crippen LogP contribution in [-0.4, -0.2) is 27.6 Å². The van der Waals surface area contributed by atoms with E-state index in [4.69, 9.17) is 0 Å². The number of aryl methyl sites for hydroxylation is 1. The largest absolute Gasteiger partial charge is 0.306 e. The molecule has 2 heterocycles. The Balaban J connectivity index is 1.58. The molecule has 0 aliphatic carbocycles. The standard InChI is InChI=1S/C22H17N3O3/c1-14-6-5-11-23-19(14)24-20(26)16-9-10-17-18(12-16)22(28)25(21(17)27)13-15-7-3-2-4-8-15/h2-12H,13H2,1H3,(H,23,24,26). The van der Waals surface area contributed by atoms with E-state index in [0.29, 0.717) is 16.9 Å². The van der Waals surface area contributed by atoms with Crippen LogP contribution in [0.5, 0.6) is 0 Å². The fourth-order valence-corrected chi connectivity index (χ4v) is 3.14. The molecule has 0 spiro atoms. The summed E-state index contributed by atoms with van der Waals surface area (Å²) in [6.07, 6.45) is 1.59. The van der Waals surface area contributed by atoms with Gasteiger partial charge in [0.15, 0.2) is 0 Å². The van der Waals surface area contributed by atoms with Crippen LogP contribution < -0.4 is 5.32 Å². The molecule has 0 radical (unpaired) electrons. The second kappa shape index (κ2) is 7.08. The van der Waals surface area contributed by atoms with Crippen molar-refractivity contribution in [2.24, 2.45) is 0 Å². The summed E-state index contributed by atoms with van der Waals surface area (Å²) in [4.78, 5) is 43.3. The number of nitrogens with zero attached hydrogens (tertiary/aromatic N) is 2. The van der Waals surface area contributed by atoms with Gasteiger partial charge in [-0.25, -0.2) is 4.98 Å². The van der Waals surface area contributed by atoms with E-state index in [-0.39, 0.29) is 23.9 Å². The Morgan fingerprint density at radius 1 is 0.964 bits per heavy atom. The normalized spacial score (nSPS) is 12.8. The third-order valence-electron chi connectivity index (χ3n) is 4.66. The van der Waals surface area contributed by atoms with Gasteiger partial charge in [-0.15, -0.1) is 0 Å². The highest BCUT2D eigenvalue weighted by molar-refractivity contribution is 6.22. The Kier molecular flexibility index (Phi) is 4.45. The molecule has 28 heavy (non-hydrogen) atoms. The van der Waals surface area contributed by atoms with Crippen LogP contribution >= 0.6 is 0 Å². The smallest absolute Gasteiger partial charge is 0.261 e. The number of aromatic nitrogens is 1. The topological polar surface area (TPSA) is 79.4 Å². The third-order valence-corrected chi connectivity index (χ3v) is 4.66. The number of pyridine rings is 1. The lowest BCUT2D eigenvalue weighted by atomic mass is 10.1. The van der Waals surface area contributed by atoms with Gasteiger partial charge in [0.2, 0.25) is 0 Å². The maximum atomic E-state index is 12.8. The summed E-state index contributed by atoms with van der Waals surface area (Å²) in [6.45, 7) is 2.04. The highest BCUT2D eigenvalue weighted by Gasteiger charge is 2.36. The average Bonchev–Trinajstić information content (AvgIpc) is 2.95. The van der Waals surface area contributed by atoms with Gasteiger partial charge in [0.25, 0.3) is 17.7 Å². The van der Waals surface area contributed by atoms with E-state index in [0.717, 1.165) is 11.1 Å². The molecule has 0 saturated heterocycles. The predicted molar refractivity (Wildman–Crippen MR) is 104 cm³/mol. The van der Waals surface area contributed by atoms with Crippen LogP contribution in [0.25, 0.3) is 0 Å². The van der Waals surface area contributed by atoms with Gasteiger partial charge in [0.05, 0.1) is 17.7 Å². The van der Waals surface area contributed by atoms with E-state index < -0.39 is 5.91 Å². The van der Waals surface area contributed by atoms with Crippen LogP contribution in [0.2, 0.25) is 0 Å². The molecular weight excluding hydrogens is 354 g/mol. The highest BCUT2D eigenvalue weighted by atomic mass is 16.2. The number of hydrogen-bond acceptors (Lipinski definition) is 4. The number of carbonyl (C=O) groups is 3. The van der Waals surface area contributed by atoms with E-state index in [1.807, 2.05) is 43.3 Å². The second-order valence-corrected chi connectivity index (χ2v) is 6.57. The number of imide groups is 1. The quantitative estimate of drug-likeness (QED) is 0.713. The molecule has 138 valence electrons. The van der Waals surface area contributed by atoms with Crippen LogP contribution in [0.1, 0.15) is 42.2 Å². The predicted octanol–water partition coefficient (Wildman–Crippen LogP) is 3.44. The number of hydrogen-bond donors (Lipinski definition) is 1. The summed E-state index contributed by atoms with van der Waals surface area (Å²) in [7, 11) is 0. The zero-order valence-corrected chi connectivity index (χ0v) is 15.2. The molecule has 2 aromatic carbocycles. The lowest BCUT2D eigenvalue weighted by molar-refractivity contribution is 0.0642. The molecule has 0 fully saturated rings. The van der Waals surface area contributed by atoms with Crippen LogP contribution in [0.4, 0.5) is 5.82 Å². The molecule has 3 aromatic rings. The van der Waals surface area contributed by atoms with Gasteiger partial charge < -0.3 is 5.32 Å². The Bertz CT molecular complexity index is 1090. The Hall–Kier alpha value is -3.80. The molecule has 6 nitrogen and oxygen atoms in total. The lowest BCUT2D eigenvalue weighted by Gasteiger charge is -2.13. The van der Waals surface area contributed by atoms with Crippen LogP contribution in [0.3, 0.4) is 0 Å². The Morgan fingerprint density at radius 2 is 1.71 bits per heavy atom. The molecule has 6 heteroatoms. The van der Waals surface area contributed by atoms with E-state index in [9.17, 15) is 14.4 Å². The number of anilines is 1. The lowest BCUT2D eigenvalue weighted by Crippen LogP contribution is -2.29. The molecule has 1 aromatic heterocycles. The summed E-state index contributed by atoms with van der Waals surface area (Å²) in [5.74, 6) is -0.670. The van der Waals surface area contributed by atoms with Crippen molar-refractivity contribution in [2.45, 2.75) is 13.5 Å². The molecular formula is C22H17N3O3. The zero-order valence-electron chi connectivity index (χ0n) is 15.2. The molecule has 1 N–H and O–H groups in total. The maximum absolute atomic E-state index is 12.8. The van der Waals surface area contributed by atoms with Gasteiger partial charge in [0, 0.05) is 11.8 Å². The van der Waals surface area contributed by atoms with Crippen LogP contribution in [0.15, 0.2) is 66.9 Å². The first-order valence-electron chi connectivity index (χ1n) is 8.82. The molecule has 1 aliphatic heterocycles. The van der Waals surface area contributed by atoms with Gasteiger partial charge in [-0.05, 0) is 42.3 Å². The summed E-state index contributed by atoms with van der Waals surface area (Å²) in [6, 6.07) is 17.5. The minimum Gasteiger partial charge on any atom is -0.306 e. The van der Waals surface area contributed by atoms with E-state index in [2.05, 4.69) is 10.3 Å². The molecule has 0 bridgehead atoms. The number of benzene rings is 2. The number of fused-ring (bicyclic) bond motifs is 1. The number of amides is 3. The van der Waals surface area contributed by atoms with Gasteiger partial charge >= 0.3 is 0 Å². The second-order valence-electron chi connectivity index (χ2n) is 6.57. The van der Waals surface area contributed by atoms with Crippen LogP contribution in [-0.2, 0) is 6.54 Å². The molecule has 4 rings (SSSR count). The first-order valence-corrected chi connectivity index (χ1v) is 8.82. The Labute approximate surface area is 161 Å². The van der Waals surface area contributed by atoms with E-state index in [1.54, 1.807) is 18.3 Å². The van der Waals surface area contributed by atoms with Crippen molar-refractivity contribution in [3.8, 4) is 0 Å². The maximum Gasteiger partial charge on any atom is 0.261 e. The fraction of sp³-hybridized carbons (Fsp3) is 0.0909. The van der Waals surface area contributed by atoms with Gasteiger partial charge in [-0.3, -0.25) is 19.3 Å². The average molecular weight is 371 g/mol. The highest BCUT2D eigenvalue weighted by Crippen LogP contribution is 2.26. The fourth-order valence-electron chi connectivity index (χ4n) is 3.14. The molecule has 0 unspecified atom stereocenters. The first-order chi connectivity index (χ1) is 13.5. The van der Waals surface area contributed by atoms with E-state index in [1.165, 1.54) is 17.0 Å². The number of rotatable bonds is 4. The summed E-state index contributed by atoms with van der Waals surface area (Å²) in [5, 5.41) is 2.73. The Morgan fingerprint density at radius 3 is 2.46 bits per heavy atom. The zero-order chi connectivity index (χ0) is 19.7. The van der Waals surface area contributed by atoms with Crippen LogP contribution in [0, 0.1) is 6.92 Å². The van der Waals surface area contributed by atoms with Crippen molar-refractivity contribution in [2.75, 3.05) is 5.32 Å².